The monoisotopic (exact) mass is 280 g/mol. The molecule has 1 aliphatic rings. The van der Waals surface area contributed by atoms with Gasteiger partial charge in [0.05, 0.1) is 0 Å². The van der Waals surface area contributed by atoms with Crippen LogP contribution in [0.3, 0.4) is 0 Å². The molecule has 2 N–H and O–H groups in total. The molecule has 0 aliphatic heterocycles. The minimum atomic E-state index is 0.363. The van der Waals surface area contributed by atoms with E-state index in [0.717, 1.165) is 42.6 Å². The van der Waals surface area contributed by atoms with Gasteiger partial charge < -0.3 is 10.3 Å². The van der Waals surface area contributed by atoms with Crippen LogP contribution in [0.1, 0.15) is 36.6 Å². The van der Waals surface area contributed by atoms with Gasteiger partial charge in [0.1, 0.15) is 17.5 Å². The predicted molar refractivity (Wildman–Crippen MR) is 83.6 cm³/mol. The van der Waals surface area contributed by atoms with Crippen molar-refractivity contribution < 1.29 is 0 Å². The summed E-state index contributed by atoms with van der Waals surface area (Å²) >= 11 is 0. The number of aryl methyl sites for hydroxylation is 2. The molecule has 0 saturated heterocycles. The lowest BCUT2D eigenvalue weighted by Gasteiger charge is -2.26. The van der Waals surface area contributed by atoms with Crippen LogP contribution in [0.4, 0.5) is 5.82 Å². The molecule has 4 heteroatoms. The maximum atomic E-state index is 9.53. The highest BCUT2D eigenvalue weighted by Gasteiger charge is 2.26. The Balaban J connectivity index is 2.28. The number of nitriles is 1. The van der Waals surface area contributed by atoms with E-state index in [1.165, 1.54) is 5.56 Å². The molecule has 0 aromatic carbocycles. The second kappa shape index (κ2) is 5.25. The number of nitrogens with two attached hydrogens (primary N) is 1. The Morgan fingerprint density at radius 1 is 1.52 bits per heavy atom. The Morgan fingerprint density at radius 3 is 2.95 bits per heavy atom. The average molecular weight is 280 g/mol. The highest BCUT2D eigenvalue weighted by Crippen LogP contribution is 2.37. The first-order chi connectivity index (χ1) is 10.2. The van der Waals surface area contributed by atoms with Crippen molar-refractivity contribution in [3.8, 4) is 17.3 Å². The molecule has 0 amide bonds. The summed E-state index contributed by atoms with van der Waals surface area (Å²) in [6.07, 6.45) is 6.28. The first-order valence-corrected chi connectivity index (χ1v) is 7.48. The van der Waals surface area contributed by atoms with Crippen LogP contribution in [0.2, 0.25) is 0 Å². The molecule has 2 aromatic rings. The second-order valence-corrected chi connectivity index (χ2v) is 5.81. The fourth-order valence-electron chi connectivity index (χ4n) is 3.32. The van der Waals surface area contributed by atoms with Crippen LogP contribution in [0, 0.1) is 17.2 Å². The van der Waals surface area contributed by atoms with E-state index >= 15 is 0 Å². The van der Waals surface area contributed by atoms with Gasteiger partial charge in [-0.15, -0.1) is 0 Å². The van der Waals surface area contributed by atoms with Crippen molar-refractivity contribution in [2.45, 2.75) is 32.6 Å². The van der Waals surface area contributed by atoms with Crippen molar-refractivity contribution in [2.24, 2.45) is 13.0 Å². The van der Waals surface area contributed by atoms with Gasteiger partial charge in [-0.05, 0) is 42.9 Å². The van der Waals surface area contributed by atoms with Crippen LogP contribution in [-0.2, 0) is 19.9 Å². The molecule has 2 aromatic heterocycles. The molecule has 4 nitrogen and oxygen atoms in total. The van der Waals surface area contributed by atoms with E-state index in [0.29, 0.717) is 17.3 Å². The maximum Gasteiger partial charge on any atom is 0.142 e. The number of nitrogens with zero attached hydrogens (tertiary/aromatic N) is 3. The molecule has 21 heavy (non-hydrogen) atoms. The van der Waals surface area contributed by atoms with Crippen molar-refractivity contribution in [1.29, 1.82) is 5.26 Å². The van der Waals surface area contributed by atoms with Gasteiger partial charge >= 0.3 is 0 Å². The Kier molecular flexibility index (Phi) is 3.42. The normalized spacial score (nSPS) is 17.3. The first kappa shape index (κ1) is 13.7. The summed E-state index contributed by atoms with van der Waals surface area (Å²) in [6, 6.07) is 6.31. The van der Waals surface area contributed by atoms with E-state index < -0.39 is 0 Å². The third kappa shape index (κ3) is 2.19. The summed E-state index contributed by atoms with van der Waals surface area (Å²) in [6.45, 7) is 2.23. The van der Waals surface area contributed by atoms with E-state index in [4.69, 9.17) is 5.73 Å². The number of fused-ring (bicyclic) bond motifs is 1. The number of rotatable bonds is 2. The van der Waals surface area contributed by atoms with Crippen LogP contribution >= 0.6 is 0 Å². The fourth-order valence-corrected chi connectivity index (χ4v) is 3.32. The summed E-state index contributed by atoms with van der Waals surface area (Å²) in [4.78, 5) is 4.50. The van der Waals surface area contributed by atoms with Crippen LogP contribution in [0.15, 0.2) is 18.3 Å². The van der Waals surface area contributed by atoms with Crippen molar-refractivity contribution in [3.05, 3.63) is 35.2 Å². The van der Waals surface area contributed by atoms with Gasteiger partial charge in [0.15, 0.2) is 0 Å². The molecule has 1 unspecified atom stereocenters. The zero-order valence-electron chi connectivity index (χ0n) is 12.6. The van der Waals surface area contributed by atoms with Crippen LogP contribution < -0.4 is 5.73 Å². The highest BCUT2D eigenvalue weighted by atomic mass is 14.9. The topological polar surface area (TPSA) is 67.6 Å². The summed E-state index contributed by atoms with van der Waals surface area (Å²) in [5.41, 5.74) is 10.9. The van der Waals surface area contributed by atoms with Crippen molar-refractivity contribution in [1.82, 2.24) is 9.55 Å². The van der Waals surface area contributed by atoms with Crippen LogP contribution in [0.5, 0.6) is 0 Å². The lowest BCUT2D eigenvalue weighted by molar-refractivity contribution is 0.440. The molecule has 3 rings (SSSR count). The predicted octanol–water partition coefficient (Wildman–Crippen LogP) is 3.06. The molecule has 0 bridgehead atoms. The molecule has 2 heterocycles. The van der Waals surface area contributed by atoms with E-state index in [1.807, 2.05) is 29.9 Å². The number of hydrogen-bond donors (Lipinski definition) is 1. The summed E-state index contributed by atoms with van der Waals surface area (Å²) in [5.74, 6) is 1.04. The summed E-state index contributed by atoms with van der Waals surface area (Å²) < 4.78 is 2.05. The molecule has 1 aliphatic carbocycles. The molecule has 108 valence electrons. The quantitative estimate of drug-likeness (QED) is 0.919. The van der Waals surface area contributed by atoms with Gasteiger partial charge in [-0.3, -0.25) is 0 Å². The van der Waals surface area contributed by atoms with E-state index in [2.05, 4.69) is 18.0 Å². The molecular weight excluding hydrogens is 260 g/mol. The van der Waals surface area contributed by atoms with Gasteiger partial charge in [0.25, 0.3) is 0 Å². The zero-order chi connectivity index (χ0) is 15.0. The van der Waals surface area contributed by atoms with Gasteiger partial charge in [-0.25, -0.2) is 4.98 Å². The number of nitrogen functional groups attached to an aromatic ring is 1. The summed E-state index contributed by atoms with van der Waals surface area (Å²) in [7, 11) is 2.00. The second-order valence-electron chi connectivity index (χ2n) is 5.81. The number of aromatic nitrogens is 2. The molecule has 0 spiro atoms. The molecule has 0 fully saturated rings. The highest BCUT2D eigenvalue weighted by molar-refractivity contribution is 5.77. The smallest absolute Gasteiger partial charge is 0.142 e. The van der Waals surface area contributed by atoms with Crippen molar-refractivity contribution >= 4 is 5.82 Å². The minimum absolute atomic E-state index is 0.363. The lowest BCUT2D eigenvalue weighted by atomic mass is 9.81. The van der Waals surface area contributed by atoms with Crippen molar-refractivity contribution in [2.75, 3.05) is 5.73 Å². The molecule has 1 atom stereocenters. The molecule has 0 saturated carbocycles. The van der Waals surface area contributed by atoms with E-state index in [1.54, 1.807) is 0 Å². The van der Waals surface area contributed by atoms with E-state index in [-0.39, 0.29) is 0 Å². The van der Waals surface area contributed by atoms with Crippen LogP contribution in [-0.4, -0.2) is 9.55 Å². The SMILES string of the molecule is CCC1CCc2nc(N)c(C#N)c(-c3cccn3C)c2C1. The first-order valence-electron chi connectivity index (χ1n) is 7.48. The Labute approximate surface area is 125 Å². The third-order valence-electron chi connectivity index (χ3n) is 4.58. The Morgan fingerprint density at radius 2 is 2.33 bits per heavy atom. The molecule has 0 radical (unpaired) electrons. The van der Waals surface area contributed by atoms with Crippen LogP contribution in [0.25, 0.3) is 11.3 Å². The van der Waals surface area contributed by atoms with Gasteiger partial charge in [0.2, 0.25) is 0 Å². The standard InChI is InChI=1S/C17H20N4/c1-3-11-6-7-14-12(9-11)16(13(10-18)17(19)20-14)15-5-4-8-21(15)2/h4-5,8,11H,3,6-7,9H2,1-2H3,(H2,19,20). The summed E-state index contributed by atoms with van der Waals surface area (Å²) in [5, 5.41) is 9.53. The lowest BCUT2D eigenvalue weighted by Crippen LogP contribution is -2.18. The van der Waals surface area contributed by atoms with Gasteiger partial charge in [0, 0.05) is 30.2 Å². The number of pyridine rings is 1. The van der Waals surface area contributed by atoms with Gasteiger partial charge in [-0.1, -0.05) is 13.3 Å². The molecular formula is C17H20N4. The minimum Gasteiger partial charge on any atom is -0.383 e. The van der Waals surface area contributed by atoms with E-state index in [9.17, 15) is 5.26 Å². The maximum absolute atomic E-state index is 9.53. The fraction of sp³-hybridized carbons (Fsp3) is 0.412. The largest absolute Gasteiger partial charge is 0.383 e. The Hall–Kier alpha value is -2.28. The third-order valence-corrected chi connectivity index (χ3v) is 4.58. The zero-order valence-corrected chi connectivity index (χ0v) is 12.6. The number of anilines is 1. The van der Waals surface area contributed by atoms with Gasteiger partial charge in [-0.2, -0.15) is 5.26 Å². The van der Waals surface area contributed by atoms with Crippen molar-refractivity contribution in [3.63, 3.8) is 0 Å². The average Bonchev–Trinajstić information content (AvgIpc) is 2.91. The Bertz CT molecular complexity index is 721. The number of hydrogen-bond acceptors (Lipinski definition) is 3.